The molecule has 11 nitrogen and oxygen atoms in total. The molecule has 2 aromatic heterocycles. The van der Waals surface area contributed by atoms with Crippen molar-refractivity contribution in [1.82, 2.24) is 25.1 Å². The maximum Gasteiger partial charge on any atom is 0.416 e. The van der Waals surface area contributed by atoms with Gasteiger partial charge in [-0.3, -0.25) is 24.4 Å². The number of aromatic nitrogens is 4. The summed E-state index contributed by atoms with van der Waals surface area (Å²) in [5, 5.41) is 7.08. The maximum absolute atomic E-state index is 15.3. The first-order chi connectivity index (χ1) is 20.8. The first-order valence-corrected chi connectivity index (χ1v) is 13.8. The number of aromatic amines is 1. The van der Waals surface area contributed by atoms with Gasteiger partial charge in [0.1, 0.15) is 23.5 Å². The fourth-order valence-corrected chi connectivity index (χ4v) is 5.46. The molecule has 0 spiro atoms. The monoisotopic (exact) mass is 614 g/mol. The number of hydrogen-bond donors (Lipinski definition) is 1. The maximum atomic E-state index is 15.3. The van der Waals surface area contributed by atoms with Crippen molar-refractivity contribution in [2.75, 3.05) is 41.9 Å². The predicted octanol–water partition coefficient (Wildman–Crippen LogP) is 3.57. The quantitative estimate of drug-likeness (QED) is 0.305. The number of carbonyl (C=O) groups excluding carboxylic acids is 3. The number of hydrogen-bond acceptors (Lipinski definition) is 7. The van der Waals surface area contributed by atoms with Gasteiger partial charge in [0.05, 0.1) is 29.4 Å². The molecular formula is C29H30F4N8O3. The van der Waals surface area contributed by atoms with Crippen molar-refractivity contribution < 1.29 is 31.9 Å². The summed E-state index contributed by atoms with van der Waals surface area (Å²) in [7, 11) is 3.02. The molecule has 1 unspecified atom stereocenters. The molecule has 4 heterocycles. The number of aryl methyl sites for hydroxylation is 1. The molecule has 1 N–H and O–H groups in total. The number of nitrogens with zero attached hydrogens (tertiary/aromatic N) is 7. The van der Waals surface area contributed by atoms with Gasteiger partial charge in [-0.25, -0.2) is 14.4 Å². The van der Waals surface area contributed by atoms with Crippen LogP contribution in [0.5, 0.6) is 0 Å². The average Bonchev–Trinajstić information content (AvgIpc) is 3.56. The largest absolute Gasteiger partial charge is 0.416 e. The van der Waals surface area contributed by atoms with Crippen molar-refractivity contribution in [3.8, 4) is 0 Å². The van der Waals surface area contributed by atoms with E-state index in [9.17, 15) is 27.6 Å². The zero-order chi connectivity index (χ0) is 31.9. The van der Waals surface area contributed by atoms with Crippen LogP contribution in [-0.4, -0.2) is 76.0 Å². The zero-order valence-electron chi connectivity index (χ0n) is 24.2. The lowest BCUT2D eigenvalue weighted by atomic mass is 9.99. The summed E-state index contributed by atoms with van der Waals surface area (Å²) in [5.41, 5.74) is -0.693. The molecule has 0 radical (unpaired) electrons. The smallest absolute Gasteiger partial charge is 0.363 e. The van der Waals surface area contributed by atoms with Gasteiger partial charge in [0, 0.05) is 39.3 Å². The van der Waals surface area contributed by atoms with Gasteiger partial charge < -0.3 is 14.7 Å². The fourth-order valence-electron chi connectivity index (χ4n) is 5.46. The van der Waals surface area contributed by atoms with E-state index in [4.69, 9.17) is 0 Å². The average molecular weight is 615 g/mol. The number of anilines is 3. The Hall–Kier alpha value is -4.82. The molecule has 5 rings (SSSR count). The zero-order valence-corrected chi connectivity index (χ0v) is 24.2. The molecule has 2 saturated heterocycles. The molecule has 2 aliphatic rings. The summed E-state index contributed by atoms with van der Waals surface area (Å²) in [5.74, 6) is -1.32. The third-order valence-electron chi connectivity index (χ3n) is 7.72. The Labute approximate surface area is 250 Å². The van der Waals surface area contributed by atoms with Crippen LogP contribution in [0.25, 0.3) is 0 Å². The molecule has 3 aromatic rings. The van der Waals surface area contributed by atoms with Crippen LogP contribution in [0.2, 0.25) is 0 Å². The van der Waals surface area contributed by atoms with Gasteiger partial charge in [-0.15, -0.1) is 0 Å². The highest BCUT2D eigenvalue weighted by Crippen LogP contribution is 2.36. The normalized spacial score (nSPS) is 17.1. The van der Waals surface area contributed by atoms with Crippen LogP contribution in [0.15, 0.2) is 43.0 Å². The molecule has 1 aromatic carbocycles. The van der Waals surface area contributed by atoms with Gasteiger partial charge >= 0.3 is 6.18 Å². The van der Waals surface area contributed by atoms with Crippen LogP contribution >= 0.6 is 0 Å². The number of para-hydroxylation sites is 1. The highest BCUT2D eigenvalue weighted by atomic mass is 19.4. The van der Waals surface area contributed by atoms with Gasteiger partial charge in [-0.2, -0.15) is 18.3 Å². The lowest BCUT2D eigenvalue weighted by Crippen LogP contribution is -2.48. The second-order valence-corrected chi connectivity index (χ2v) is 10.8. The van der Waals surface area contributed by atoms with Crippen LogP contribution in [0.4, 0.5) is 34.8 Å². The van der Waals surface area contributed by atoms with Gasteiger partial charge in [0.15, 0.2) is 5.82 Å². The van der Waals surface area contributed by atoms with Crippen molar-refractivity contribution >= 4 is 34.9 Å². The van der Waals surface area contributed by atoms with Gasteiger partial charge in [-0.05, 0) is 43.7 Å². The summed E-state index contributed by atoms with van der Waals surface area (Å²) in [6.07, 6.45) is -3.44. The van der Waals surface area contributed by atoms with Crippen molar-refractivity contribution in [3.63, 3.8) is 0 Å². The number of pyridine rings is 1. The third kappa shape index (κ3) is 5.85. The molecular weight excluding hydrogens is 584 g/mol. The Morgan fingerprint density at radius 2 is 1.91 bits per heavy atom. The van der Waals surface area contributed by atoms with E-state index >= 15 is 4.39 Å². The van der Waals surface area contributed by atoms with E-state index in [0.717, 1.165) is 17.0 Å². The second kappa shape index (κ2) is 11.7. The Balaban J connectivity index is 1.36. The van der Waals surface area contributed by atoms with Gasteiger partial charge in [0.25, 0.3) is 0 Å². The number of likely N-dealkylation sites (N-methyl/N-ethyl adjacent to an activating group) is 1. The van der Waals surface area contributed by atoms with Crippen LogP contribution < -0.4 is 14.7 Å². The van der Waals surface area contributed by atoms with E-state index in [1.165, 1.54) is 43.1 Å². The van der Waals surface area contributed by atoms with Crippen molar-refractivity contribution in [3.05, 3.63) is 71.7 Å². The summed E-state index contributed by atoms with van der Waals surface area (Å²) < 4.78 is 55.8. The number of carbonyl (C=O) groups is 3. The van der Waals surface area contributed by atoms with E-state index in [2.05, 4.69) is 26.7 Å². The first kappa shape index (κ1) is 30.6. The molecule has 0 bridgehead atoms. The number of amides is 3. The number of nitrogens with one attached hydrogen (secondary N) is 1. The standard InChI is InChI=1S/C29H30F4N8O3/c1-5-24(42)40-13-17(14-40)27-35-22(36-37-27)15-38(3)26-19(30)7-6-8-20(26)39(4)28(44)21-9-10-25(43)41(21)23-12-18(29(31,32)33)11-16(2)34-23/h5-8,11-12,17,21H,1,9-10,13-15H2,2-4H3,(H,35,36,37). The van der Waals surface area contributed by atoms with Gasteiger partial charge in [-0.1, -0.05) is 12.6 Å². The van der Waals surface area contributed by atoms with Gasteiger partial charge in [0.2, 0.25) is 17.7 Å². The molecule has 2 aliphatic heterocycles. The first-order valence-electron chi connectivity index (χ1n) is 13.8. The van der Waals surface area contributed by atoms with Crippen molar-refractivity contribution in [2.24, 2.45) is 0 Å². The third-order valence-corrected chi connectivity index (χ3v) is 7.72. The minimum absolute atomic E-state index is 0.0404. The lowest BCUT2D eigenvalue weighted by Gasteiger charge is -2.36. The Bertz CT molecular complexity index is 1620. The van der Waals surface area contributed by atoms with Crippen molar-refractivity contribution in [2.45, 2.75) is 44.4 Å². The highest BCUT2D eigenvalue weighted by Gasteiger charge is 2.41. The fraction of sp³-hybridized carbons (Fsp3) is 0.379. The Morgan fingerprint density at radius 1 is 1.18 bits per heavy atom. The number of benzene rings is 1. The number of alkyl halides is 3. The van der Waals surface area contributed by atoms with E-state index in [1.54, 1.807) is 16.8 Å². The lowest BCUT2D eigenvalue weighted by molar-refractivity contribution is -0.137. The Morgan fingerprint density at radius 3 is 2.59 bits per heavy atom. The highest BCUT2D eigenvalue weighted by molar-refractivity contribution is 6.09. The number of H-pyrrole nitrogens is 1. The van der Waals surface area contributed by atoms with E-state index in [1.807, 2.05) is 0 Å². The summed E-state index contributed by atoms with van der Waals surface area (Å²) in [4.78, 5) is 52.3. The minimum Gasteiger partial charge on any atom is -0.363 e. The molecule has 15 heteroatoms. The van der Waals surface area contributed by atoms with E-state index in [0.29, 0.717) is 24.7 Å². The molecule has 0 saturated carbocycles. The van der Waals surface area contributed by atoms with E-state index < -0.39 is 35.4 Å². The molecule has 3 amide bonds. The second-order valence-electron chi connectivity index (χ2n) is 10.8. The van der Waals surface area contributed by atoms with E-state index in [-0.39, 0.29) is 54.1 Å². The van der Waals surface area contributed by atoms with Crippen LogP contribution in [0.1, 0.15) is 41.7 Å². The Kier molecular flexibility index (Phi) is 8.14. The number of halogens is 4. The summed E-state index contributed by atoms with van der Waals surface area (Å²) in [6, 6.07) is 4.68. The SMILES string of the molecule is C=CC(=O)N1CC(c2n[nH]c(CN(C)c3c(F)cccc3N(C)C(=O)C3CCC(=O)N3c3cc(C(F)(F)F)cc(C)n3)n2)C1. The molecule has 44 heavy (non-hydrogen) atoms. The van der Waals surface area contributed by atoms with Crippen molar-refractivity contribution in [1.29, 1.82) is 0 Å². The molecule has 0 aliphatic carbocycles. The van der Waals surface area contributed by atoms with Crippen LogP contribution in [-0.2, 0) is 27.1 Å². The summed E-state index contributed by atoms with van der Waals surface area (Å²) >= 11 is 0. The van der Waals surface area contributed by atoms with Crippen LogP contribution in [0.3, 0.4) is 0 Å². The minimum atomic E-state index is -4.67. The topological polar surface area (TPSA) is 119 Å². The number of likely N-dealkylation sites (tertiary alicyclic amines) is 1. The molecule has 2 fully saturated rings. The molecule has 232 valence electrons. The number of rotatable bonds is 8. The van der Waals surface area contributed by atoms with Crippen LogP contribution in [0, 0.1) is 12.7 Å². The molecule has 1 atom stereocenters. The predicted molar refractivity (Wildman–Crippen MR) is 152 cm³/mol. The summed E-state index contributed by atoms with van der Waals surface area (Å²) in [6.45, 7) is 5.85.